The van der Waals surface area contributed by atoms with Crippen LogP contribution in [0.25, 0.3) is 0 Å². The topological polar surface area (TPSA) is 156 Å². The summed E-state index contributed by atoms with van der Waals surface area (Å²) in [7, 11) is 11.5. The first kappa shape index (κ1) is 83.3. The van der Waals surface area contributed by atoms with Gasteiger partial charge in [-0.1, -0.05) is 56.3 Å². The molecule has 250 valence electrons. The van der Waals surface area contributed by atoms with Gasteiger partial charge in [0.1, 0.15) is 0 Å². The molecule has 0 heterocycles. The Labute approximate surface area is 251 Å². The third kappa shape index (κ3) is 293. The highest BCUT2D eigenvalue weighted by Gasteiger charge is 1.89. The quantitative estimate of drug-likeness (QED) is 0.232. The SMILES string of the molecule is C.C.C.C.C.C.CNC(=O)OC.CNC(C)=O.COC.COC(=O)OC.COC(C)=O.CSC.CSC(C)=O. The molecular formula is C25H68N2O10S2. The van der Waals surface area contributed by atoms with Gasteiger partial charge < -0.3 is 34.3 Å². The van der Waals surface area contributed by atoms with Crippen molar-refractivity contribution in [1.82, 2.24) is 10.6 Å². The summed E-state index contributed by atoms with van der Waals surface area (Å²) in [5.41, 5.74) is 0. The predicted molar refractivity (Wildman–Crippen MR) is 175 cm³/mol. The van der Waals surface area contributed by atoms with Gasteiger partial charge in [0.25, 0.3) is 0 Å². The summed E-state index contributed by atoms with van der Waals surface area (Å²) in [5.74, 6) is -0.241. The zero-order chi connectivity index (χ0) is 28.3. The minimum absolute atomic E-state index is 0. The van der Waals surface area contributed by atoms with Crippen molar-refractivity contribution in [3.05, 3.63) is 0 Å². The predicted octanol–water partition coefficient (Wildman–Crippen LogP) is 6.26. The van der Waals surface area contributed by atoms with E-state index in [9.17, 15) is 24.0 Å². The maximum Gasteiger partial charge on any atom is 0.507 e. The van der Waals surface area contributed by atoms with E-state index in [0.29, 0.717) is 0 Å². The van der Waals surface area contributed by atoms with Crippen LogP contribution >= 0.6 is 23.5 Å². The number of carbonyl (C=O) groups excluding carboxylic acids is 5. The van der Waals surface area contributed by atoms with Crippen molar-refractivity contribution in [3.63, 3.8) is 0 Å². The third-order valence-electron chi connectivity index (χ3n) is 1.65. The van der Waals surface area contributed by atoms with Crippen LogP contribution < -0.4 is 10.6 Å². The summed E-state index contributed by atoms with van der Waals surface area (Å²) >= 11 is 2.99. The molecule has 0 saturated carbocycles. The van der Waals surface area contributed by atoms with Crippen molar-refractivity contribution >= 4 is 52.8 Å². The van der Waals surface area contributed by atoms with Gasteiger partial charge in [-0.3, -0.25) is 14.4 Å². The van der Waals surface area contributed by atoms with Gasteiger partial charge in [-0.25, -0.2) is 9.59 Å². The smallest absolute Gasteiger partial charge is 0.469 e. The molecule has 0 atom stereocenters. The van der Waals surface area contributed by atoms with Crippen LogP contribution in [0.1, 0.15) is 65.3 Å². The van der Waals surface area contributed by atoms with E-state index in [-0.39, 0.29) is 61.6 Å². The van der Waals surface area contributed by atoms with E-state index < -0.39 is 12.2 Å². The van der Waals surface area contributed by atoms with Crippen LogP contribution in [-0.2, 0) is 38.1 Å². The molecule has 0 saturated heterocycles. The second-order valence-corrected chi connectivity index (χ2v) is 6.21. The Morgan fingerprint density at radius 2 is 0.769 bits per heavy atom. The molecule has 12 nitrogen and oxygen atoms in total. The fourth-order valence-electron chi connectivity index (χ4n) is 0.185. The average molecular weight is 621 g/mol. The number of amides is 2. The fraction of sp³-hybridized carbons (Fsp3) is 0.800. The number of hydrogen-bond acceptors (Lipinski definition) is 12. The molecule has 39 heavy (non-hydrogen) atoms. The number of methoxy groups -OCH3 is 5. The van der Waals surface area contributed by atoms with Gasteiger partial charge in [-0.2, -0.15) is 11.8 Å². The van der Waals surface area contributed by atoms with Gasteiger partial charge in [0.2, 0.25) is 5.91 Å². The van der Waals surface area contributed by atoms with Crippen molar-refractivity contribution in [2.75, 3.05) is 75.5 Å². The number of hydrogen-bond donors (Lipinski definition) is 2. The largest absolute Gasteiger partial charge is 0.507 e. The van der Waals surface area contributed by atoms with Crippen LogP contribution in [0.3, 0.4) is 0 Å². The van der Waals surface area contributed by atoms with Crippen molar-refractivity contribution in [3.8, 4) is 0 Å². The first-order valence-electron chi connectivity index (χ1n) is 8.72. The average Bonchev–Trinajstić information content (AvgIpc) is 2.80. The molecule has 0 bridgehead atoms. The Morgan fingerprint density at radius 3 is 0.769 bits per heavy atom. The minimum atomic E-state index is -0.657. The molecule has 0 spiro atoms. The first-order valence-corrected chi connectivity index (χ1v) is 11.6. The van der Waals surface area contributed by atoms with E-state index >= 15 is 0 Å². The molecule has 0 radical (unpaired) electrons. The van der Waals surface area contributed by atoms with Crippen LogP contribution in [0.4, 0.5) is 9.59 Å². The highest BCUT2D eigenvalue weighted by atomic mass is 32.2. The molecule has 0 aromatic carbocycles. The summed E-state index contributed by atoms with van der Waals surface area (Å²) in [5, 5.41) is 4.81. The van der Waals surface area contributed by atoms with E-state index in [1.807, 2.05) is 12.5 Å². The summed E-state index contributed by atoms with van der Waals surface area (Å²) in [6.45, 7) is 4.38. The summed E-state index contributed by atoms with van der Waals surface area (Å²) < 4.78 is 20.6. The summed E-state index contributed by atoms with van der Waals surface area (Å²) in [4.78, 5) is 48.7. The lowest BCUT2D eigenvalue weighted by Crippen LogP contribution is -2.16. The van der Waals surface area contributed by atoms with E-state index in [0.717, 1.165) is 0 Å². The zero-order valence-electron chi connectivity index (χ0n) is 22.4. The van der Waals surface area contributed by atoms with Crippen LogP contribution in [0.15, 0.2) is 0 Å². The second kappa shape index (κ2) is 91.2. The fourth-order valence-corrected chi connectivity index (χ4v) is 0.185. The molecule has 0 aliphatic heterocycles. The second-order valence-electron chi connectivity index (χ2n) is 4.41. The molecule has 0 aromatic heterocycles. The monoisotopic (exact) mass is 620 g/mol. The lowest BCUT2D eigenvalue weighted by molar-refractivity contribution is -0.138. The van der Waals surface area contributed by atoms with Gasteiger partial charge in [0, 0.05) is 49.1 Å². The highest BCUT2D eigenvalue weighted by Crippen LogP contribution is 1.88. The van der Waals surface area contributed by atoms with Gasteiger partial charge in [-0.05, 0) is 18.8 Å². The van der Waals surface area contributed by atoms with Crippen molar-refractivity contribution < 1.29 is 47.7 Å². The van der Waals surface area contributed by atoms with Crippen LogP contribution in [0.2, 0.25) is 0 Å². The van der Waals surface area contributed by atoms with E-state index in [1.165, 1.54) is 61.1 Å². The summed E-state index contributed by atoms with van der Waals surface area (Å²) in [6.07, 6.45) is 4.78. The van der Waals surface area contributed by atoms with Gasteiger partial charge in [0.15, 0.2) is 5.12 Å². The Balaban J connectivity index is -0.0000000181. The Hall–Kier alpha value is -2.19. The molecule has 0 aliphatic carbocycles. The van der Waals surface area contributed by atoms with Crippen molar-refractivity contribution in [1.29, 1.82) is 0 Å². The molecule has 0 rings (SSSR count). The van der Waals surface area contributed by atoms with E-state index in [2.05, 4.69) is 34.3 Å². The van der Waals surface area contributed by atoms with E-state index in [4.69, 9.17) is 0 Å². The third-order valence-corrected chi connectivity index (χ3v) is 2.22. The van der Waals surface area contributed by atoms with Crippen LogP contribution in [-0.4, -0.2) is 105 Å². The number of thioether (sulfide) groups is 2. The molecular weight excluding hydrogens is 552 g/mol. The molecule has 0 aliphatic rings. The zero-order valence-corrected chi connectivity index (χ0v) is 24.0. The normalized spacial score (nSPS) is 5.79. The van der Waals surface area contributed by atoms with Gasteiger partial charge in [0.05, 0.1) is 28.4 Å². The maximum absolute atomic E-state index is 9.85. The number of ether oxygens (including phenoxy) is 5. The molecule has 0 unspecified atom stereocenters. The Kier molecular flexibility index (Phi) is 195. The minimum Gasteiger partial charge on any atom is -0.469 e. The molecule has 2 amide bonds. The van der Waals surface area contributed by atoms with Crippen molar-refractivity contribution in [2.45, 2.75) is 65.3 Å². The lowest BCUT2D eigenvalue weighted by atomic mass is 10.7. The maximum atomic E-state index is 9.85. The number of esters is 1. The van der Waals surface area contributed by atoms with Gasteiger partial charge in [-0.15, -0.1) is 0 Å². The Bertz CT molecular complexity index is 382. The number of nitrogens with one attached hydrogen (secondary N) is 2. The van der Waals surface area contributed by atoms with Gasteiger partial charge >= 0.3 is 18.2 Å². The number of rotatable bonds is 0. The summed E-state index contributed by atoms with van der Waals surface area (Å²) in [6, 6.07) is 0. The van der Waals surface area contributed by atoms with E-state index in [1.54, 1.807) is 46.2 Å². The highest BCUT2D eigenvalue weighted by molar-refractivity contribution is 8.12. The lowest BCUT2D eigenvalue weighted by Gasteiger charge is -1.90. The molecule has 0 fully saturated rings. The number of alkyl carbamates (subject to hydrolysis) is 1. The molecule has 2 N–H and O–H groups in total. The number of carbonyl (C=O) groups is 5. The first-order chi connectivity index (χ1) is 15.3. The standard InChI is InChI=1S/C3H7NO2.C3H7NO.C3H6O3.C3H6O2.C3H6OS.C2H6O.C2H6S.6CH4/c1-4-3(5)6-2;1-3(5)4-2;1-5-3(4)6-2;2*1-3(4)5-2;2*1-3-2;;;;;;/h1-2H3,(H,4,5);1-2H3,(H,4,5);1-2H3;2*1-2H3;2*1-2H3;6*1H4. The van der Waals surface area contributed by atoms with Crippen LogP contribution in [0, 0.1) is 0 Å². The molecule has 0 aromatic rings. The van der Waals surface area contributed by atoms with Crippen molar-refractivity contribution in [2.24, 2.45) is 0 Å². The molecule has 14 heteroatoms. The van der Waals surface area contributed by atoms with Crippen LogP contribution in [0.5, 0.6) is 0 Å². The Morgan fingerprint density at radius 1 is 0.564 bits per heavy atom.